The van der Waals surface area contributed by atoms with Gasteiger partial charge in [-0.1, -0.05) is 0 Å². The standard InChI is InChI=1S/C11H21N5O3S/c1-8(10(17)13-7-11(2,3)12)15-20(18,19)9-5-14-16(4)6-9/h5-6,8,15H,7,12H2,1-4H3,(H,13,17). The van der Waals surface area contributed by atoms with Crippen LogP contribution in [0.2, 0.25) is 0 Å². The maximum Gasteiger partial charge on any atom is 0.244 e. The van der Waals surface area contributed by atoms with Crippen LogP contribution in [0.15, 0.2) is 17.3 Å². The number of rotatable bonds is 6. The summed E-state index contributed by atoms with van der Waals surface area (Å²) in [5, 5.41) is 6.37. The summed E-state index contributed by atoms with van der Waals surface area (Å²) in [6.45, 7) is 5.24. The number of carbonyl (C=O) groups excluding carboxylic acids is 1. The first-order chi connectivity index (χ1) is 9.01. The largest absolute Gasteiger partial charge is 0.353 e. The number of hydrogen-bond donors (Lipinski definition) is 3. The van der Waals surface area contributed by atoms with Crippen molar-refractivity contribution in [2.45, 2.75) is 37.2 Å². The van der Waals surface area contributed by atoms with Crippen molar-refractivity contribution in [3.8, 4) is 0 Å². The summed E-state index contributed by atoms with van der Waals surface area (Å²) in [6, 6.07) is -0.900. The Morgan fingerprint density at radius 2 is 2.15 bits per heavy atom. The molecule has 4 N–H and O–H groups in total. The Morgan fingerprint density at radius 1 is 1.55 bits per heavy atom. The molecule has 0 aliphatic heterocycles. The number of aromatic nitrogens is 2. The van der Waals surface area contributed by atoms with E-state index in [1.54, 1.807) is 20.9 Å². The molecular formula is C11H21N5O3S. The zero-order valence-electron chi connectivity index (χ0n) is 12.0. The summed E-state index contributed by atoms with van der Waals surface area (Å²) >= 11 is 0. The number of nitrogens with zero attached hydrogens (tertiary/aromatic N) is 2. The van der Waals surface area contributed by atoms with Crippen molar-refractivity contribution >= 4 is 15.9 Å². The minimum atomic E-state index is -3.76. The van der Waals surface area contributed by atoms with Gasteiger partial charge in [-0.2, -0.15) is 9.82 Å². The van der Waals surface area contributed by atoms with Crippen molar-refractivity contribution < 1.29 is 13.2 Å². The molecule has 114 valence electrons. The van der Waals surface area contributed by atoms with E-state index in [9.17, 15) is 13.2 Å². The second-order valence-electron chi connectivity index (χ2n) is 5.40. The summed E-state index contributed by atoms with van der Waals surface area (Å²) in [5.41, 5.74) is 5.18. The Hall–Kier alpha value is -1.45. The number of nitrogens with two attached hydrogens (primary N) is 1. The van der Waals surface area contributed by atoms with E-state index in [1.807, 2.05) is 0 Å². The summed E-state index contributed by atoms with van der Waals surface area (Å²) in [4.78, 5) is 11.8. The van der Waals surface area contributed by atoms with Gasteiger partial charge >= 0.3 is 0 Å². The van der Waals surface area contributed by atoms with Crippen LogP contribution in [-0.4, -0.2) is 42.2 Å². The molecule has 1 unspecified atom stereocenters. The minimum absolute atomic E-state index is 0.0128. The summed E-state index contributed by atoms with van der Waals surface area (Å²) in [5.74, 6) is -0.434. The van der Waals surface area contributed by atoms with E-state index in [4.69, 9.17) is 5.73 Å². The van der Waals surface area contributed by atoms with Gasteiger partial charge in [-0.15, -0.1) is 0 Å². The van der Waals surface area contributed by atoms with Gasteiger partial charge in [-0.3, -0.25) is 9.48 Å². The number of hydrogen-bond acceptors (Lipinski definition) is 5. The second-order valence-corrected chi connectivity index (χ2v) is 7.11. The molecule has 1 atom stereocenters. The highest BCUT2D eigenvalue weighted by atomic mass is 32.2. The maximum atomic E-state index is 12.0. The van der Waals surface area contributed by atoms with E-state index in [1.165, 1.54) is 24.0 Å². The molecule has 0 bridgehead atoms. The number of amides is 1. The van der Waals surface area contributed by atoms with E-state index in [-0.39, 0.29) is 11.4 Å². The molecule has 1 aromatic heterocycles. The quantitative estimate of drug-likeness (QED) is 0.619. The Balaban J connectivity index is 2.66. The Labute approximate surface area is 118 Å². The van der Waals surface area contributed by atoms with Gasteiger partial charge in [0.15, 0.2) is 0 Å². The lowest BCUT2D eigenvalue weighted by Gasteiger charge is -2.21. The third-order valence-electron chi connectivity index (χ3n) is 2.43. The van der Waals surface area contributed by atoms with Gasteiger partial charge in [0, 0.05) is 25.3 Å². The molecule has 1 rings (SSSR count). The Bertz CT molecular complexity index is 573. The van der Waals surface area contributed by atoms with E-state index in [0.29, 0.717) is 0 Å². The minimum Gasteiger partial charge on any atom is -0.353 e. The first kappa shape index (κ1) is 16.6. The monoisotopic (exact) mass is 303 g/mol. The van der Waals surface area contributed by atoms with Gasteiger partial charge < -0.3 is 11.1 Å². The zero-order valence-corrected chi connectivity index (χ0v) is 12.9. The van der Waals surface area contributed by atoms with Crippen molar-refractivity contribution in [3.05, 3.63) is 12.4 Å². The highest BCUT2D eigenvalue weighted by Gasteiger charge is 2.24. The van der Waals surface area contributed by atoms with Crippen LogP contribution >= 0.6 is 0 Å². The molecule has 0 saturated heterocycles. The van der Waals surface area contributed by atoms with Gasteiger partial charge in [0.25, 0.3) is 0 Å². The average Bonchev–Trinajstić information content (AvgIpc) is 2.71. The third-order valence-corrected chi connectivity index (χ3v) is 3.93. The van der Waals surface area contributed by atoms with Gasteiger partial charge in [0.2, 0.25) is 15.9 Å². The zero-order chi connectivity index (χ0) is 15.6. The molecule has 0 fully saturated rings. The summed E-state index contributed by atoms with van der Waals surface area (Å²) in [7, 11) is -2.15. The topological polar surface area (TPSA) is 119 Å². The van der Waals surface area contributed by atoms with Crippen molar-refractivity contribution in [3.63, 3.8) is 0 Å². The fourth-order valence-electron chi connectivity index (χ4n) is 1.36. The molecule has 0 aromatic carbocycles. The molecule has 8 nitrogen and oxygen atoms in total. The summed E-state index contributed by atoms with van der Waals surface area (Å²) in [6.07, 6.45) is 2.58. The predicted molar refractivity (Wildman–Crippen MR) is 74.3 cm³/mol. The van der Waals surface area contributed by atoms with Crippen LogP contribution < -0.4 is 15.8 Å². The second kappa shape index (κ2) is 5.90. The van der Waals surface area contributed by atoms with Crippen molar-refractivity contribution in [1.29, 1.82) is 0 Å². The van der Waals surface area contributed by atoms with Crippen LogP contribution in [0.5, 0.6) is 0 Å². The molecule has 20 heavy (non-hydrogen) atoms. The van der Waals surface area contributed by atoms with Crippen molar-refractivity contribution in [1.82, 2.24) is 19.8 Å². The molecule has 1 aromatic rings. The number of nitrogens with one attached hydrogen (secondary N) is 2. The van der Waals surface area contributed by atoms with E-state index in [0.717, 1.165) is 0 Å². The molecule has 0 aliphatic rings. The fraction of sp³-hybridized carbons (Fsp3) is 0.636. The molecule has 0 radical (unpaired) electrons. The maximum absolute atomic E-state index is 12.0. The summed E-state index contributed by atoms with van der Waals surface area (Å²) < 4.78 is 27.6. The van der Waals surface area contributed by atoms with E-state index >= 15 is 0 Å². The lowest BCUT2D eigenvalue weighted by Crippen LogP contribution is -2.50. The van der Waals surface area contributed by atoms with Crippen molar-refractivity contribution in [2.75, 3.05) is 6.54 Å². The molecule has 0 spiro atoms. The predicted octanol–water partition coefficient (Wildman–Crippen LogP) is -1.06. The van der Waals surface area contributed by atoms with E-state index in [2.05, 4.69) is 15.1 Å². The number of carbonyl (C=O) groups is 1. The van der Waals surface area contributed by atoms with Crippen molar-refractivity contribution in [2.24, 2.45) is 12.8 Å². The third kappa shape index (κ3) is 4.91. The highest BCUT2D eigenvalue weighted by Crippen LogP contribution is 2.07. The molecular weight excluding hydrogens is 282 g/mol. The molecule has 0 aliphatic carbocycles. The van der Waals surface area contributed by atoms with Crippen LogP contribution in [-0.2, 0) is 21.9 Å². The van der Waals surface area contributed by atoms with Gasteiger partial charge in [0.1, 0.15) is 4.90 Å². The van der Waals surface area contributed by atoms with Crippen LogP contribution in [0.1, 0.15) is 20.8 Å². The first-order valence-corrected chi connectivity index (χ1v) is 7.57. The van der Waals surface area contributed by atoms with Crippen LogP contribution in [0, 0.1) is 0 Å². The van der Waals surface area contributed by atoms with Gasteiger partial charge in [-0.05, 0) is 20.8 Å². The Morgan fingerprint density at radius 3 is 2.60 bits per heavy atom. The molecule has 0 saturated carbocycles. The normalized spacial score (nSPS) is 14.1. The van der Waals surface area contributed by atoms with Gasteiger partial charge in [0.05, 0.1) is 12.2 Å². The molecule has 1 heterocycles. The number of sulfonamides is 1. The smallest absolute Gasteiger partial charge is 0.244 e. The van der Waals surface area contributed by atoms with Gasteiger partial charge in [-0.25, -0.2) is 8.42 Å². The SMILES string of the molecule is CC(NS(=O)(=O)c1cnn(C)c1)C(=O)NCC(C)(C)N. The number of aryl methyl sites for hydroxylation is 1. The Kier molecular flexibility index (Phi) is 4.90. The first-order valence-electron chi connectivity index (χ1n) is 6.09. The fourth-order valence-corrected chi connectivity index (χ4v) is 2.55. The highest BCUT2D eigenvalue weighted by molar-refractivity contribution is 7.89. The van der Waals surface area contributed by atoms with Crippen LogP contribution in [0.25, 0.3) is 0 Å². The lowest BCUT2D eigenvalue weighted by atomic mass is 10.1. The molecule has 9 heteroatoms. The molecule has 1 amide bonds. The van der Waals surface area contributed by atoms with E-state index < -0.39 is 27.5 Å². The average molecular weight is 303 g/mol. The lowest BCUT2D eigenvalue weighted by molar-refractivity contribution is -0.122. The van der Waals surface area contributed by atoms with Crippen LogP contribution in [0.3, 0.4) is 0 Å². The van der Waals surface area contributed by atoms with Crippen LogP contribution in [0.4, 0.5) is 0 Å².